The number of rotatable bonds is 4. The summed E-state index contributed by atoms with van der Waals surface area (Å²) in [6.45, 7) is 0. The van der Waals surface area contributed by atoms with E-state index < -0.39 is 34.0 Å². The van der Waals surface area contributed by atoms with Gasteiger partial charge < -0.3 is 20.4 Å². The van der Waals surface area contributed by atoms with E-state index in [9.17, 15) is 34.4 Å². The summed E-state index contributed by atoms with van der Waals surface area (Å²) in [7, 11) is 0. The first-order chi connectivity index (χ1) is 14.3. The summed E-state index contributed by atoms with van der Waals surface area (Å²) in [6.07, 6.45) is 0.278. The first-order valence-corrected chi connectivity index (χ1v) is 8.85. The fourth-order valence-electron chi connectivity index (χ4n) is 3.77. The number of aromatic carboxylic acids is 1. The Morgan fingerprint density at radius 1 is 1.07 bits per heavy atom. The number of H-pyrrole nitrogens is 2. The Bertz CT molecular complexity index is 1360. The number of carbonyl (C=O) groups is 2. The molecule has 30 heavy (non-hydrogen) atoms. The average Bonchev–Trinajstić information content (AvgIpc) is 3.12. The van der Waals surface area contributed by atoms with Crippen LogP contribution < -0.4 is 16.4 Å². The number of nitrogens with zero attached hydrogens (tertiary/aromatic N) is 1. The standard InChI is InChI=1S/C19H14N4O7/c24-16(9-3-1-2-4-10(9)19(27)28)20-8-5-11-12(6-8)15-13(7-14(11)23(29)30)21-17(25)18(26)22-15/h1-4,7-8H,5-6H2,(H,20,24)(H,21,25)(H,22,26)(H,27,28). The molecule has 11 heteroatoms. The van der Waals surface area contributed by atoms with Crippen molar-refractivity contribution in [1.29, 1.82) is 0 Å². The van der Waals surface area contributed by atoms with Crippen LogP contribution in [0.25, 0.3) is 11.0 Å². The SMILES string of the molecule is O=C(O)c1ccccc1C(=O)NC1Cc2c([N+](=O)[O-])cc3[nH]c(=O)c(=O)[nH]c3c2C1. The Balaban J connectivity index is 1.72. The predicted octanol–water partition coefficient (Wildman–Crippen LogP) is 0.720. The molecule has 1 aliphatic rings. The van der Waals surface area contributed by atoms with Gasteiger partial charge in [0.25, 0.3) is 11.6 Å². The number of nitro groups is 1. The minimum Gasteiger partial charge on any atom is -0.478 e. The van der Waals surface area contributed by atoms with Gasteiger partial charge in [-0.3, -0.25) is 24.5 Å². The van der Waals surface area contributed by atoms with Gasteiger partial charge in [0, 0.05) is 24.1 Å². The van der Waals surface area contributed by atoms with Crippen LogP contribution in [0.4, 0.5) is 5.69 Å². The largest absolute Gasteiger partial charge is 0.478 e. The number of aromatic amines is 2. The van der Waals surface area contributed by atoms with E-state index in [2.05, 4.69) is 15.3 Å². The number of benzene rings is 2. The minimum atomic E-state index is -1.25. The van der Waals surface area contributed by atoms with Crippen LogP contribution in [0.1, 0.15) is 31.8 Å². The smallest absolute Gasteiger partial charge is 0.336 e. The van der Waals surface area contributed by atoms with E-state index in [1.54, 1.807) is 0 Å². The molecular formula is C19H14N4O7. The van der Waals surface area contributed by atoms with Crippen LogP contribution in [0.15, 0.2) is 39.9 Å². The zero-order valence-corrected chi connectivity index (χ0v) is 15.2. The van der Waals surface area contributed by atoms with Crippen molar-refractivity contribution in [2.45, 2.75) is 18.9 Å². The molecule has 1 unspecified atom stereocenters. The summed E-state index contributed by atoms with van der Waals surface area (Å²) in [4.78, 5) is 63.0. The zero-order valence-electron chi connectivity index (χ0n) is 15.2. The second kappa shape index (κ2) is 6.95. The van der Waals surface area contributed by atoms with E-state index in [4.69, 9.17) is 0 Å². The van der Waals surface area contributed by atoms with Crippen LogP contribution in [0.2, 0.25) is 0 Å². The lowest BCUT2D eigenvalue weighted by Gasteiger charge is -2.13. The highest BCUT2D eigenvalue weighted by molar-refractivity contribution is 6.05. The van der Waals surface area contributed by atoms with Gasteiger partial charge in [-0.05, 0) is 24.1 Å². The molecule has 0 aliphatic heterocycles. The van der Waals surface area contributed by atoms with Gasteiger partial charge in [-0.15, -0.1) is 0 Å². The number of hydrogen-bond donors (Lipinski definition) is 4. The number of carbonyl (C=O) groups excluding carboxylic acids is 1. The summed E-state index contributed by atoms with van der Waals surface area (Å²) >= 11 is 0. The van der Waals surface area contributed by atoms with Crippen molar-refractivity contribution >= 4 is 28.6 Å². The monoisotopic (exact) mass is 410 g/mol. The zero-order chi connectivity index (χ0) is 21.6. The highest BCUT2D eigenvalue weighted by Crippen LogP contribution is 2.35. The topological polar surface area (TPSA) is 175 Å². The number of fused-ring (bicyclic) bond motifs is 3. The molecule has 1 amide bonds. The highest BCUT2D eigenvalue weighted by atomic mass is 16.6. The lowest BCUT2D eigenvalue weighted by molar-refractivity contribution is -0.385. The predicted molar refractivity (Wildman–Crippen MR) is 104 cm³/mol. The summed E-state index contributed by atoms with van der Waals surface area (Å²) in [5.41, 5.74) is -1.07. The van der Waals surface area contributed by atoms with Crippen molar-refractivity contribution < 1.29 is 19.6 Å². The maximum Gasteiger partial charge on any atom is 0.336 e. The second-order valence-electron chi connectivity index (χ2n) is 6.87. The second-order valence-corrected chi connectivity index (χ2v) is 6.87. The highest BCUT2D eigenvalue weighted by Gasteiger charge is 2.33. The summed E-state index contributed by atoms with van der Waals surface area (Å²) < 4.78 is 0. The lowest BCUT2D eigenvalue weighted by atomic mass is 10.1. The molecule has 11 nitrogen and oxygen atoms in total. The van der Waals surface area contributed by atoms with Crippen LogP contribution in [-0.2, 0) is 12.8 Å². The van der Waals surface area contributed by atoms with Gasteiger partial charge in [0.2, 0.25) is 0 Å². The molecule has 1 heterocycles. The van der Waals surface area contributed by atoms with Crippen molar-refractivity contribution in [3.8, 4) is 0 Å². The number of nitro benzene ring substituents is 1. The molecule has 152 valence electrons. The summed E-state index contributed by atoms with van der Waals surface area (Å²) in [5.74, 6) is -1.88. The molecule has 1 aromatic heterocycles. The Morgan fingerprint density at radius 3 is 2.37 bits per heavy atom. The van der Waals surface area contributed by atoms with Crippen LogP contribution in [-0.4, -0.2) is 37.9 Å². The third-order valence-corrected chi connectivity index (χ3v) is 5.05. The molecule has 0 spiro atoms. The number of amides is 1. The Morgan fingerprint density at radius 2 is 1.70 bits per heavy atom. The van der Waals surface area contributed by atoms with Gasteiger partial charge in [-0.1, -0.05) is 12.1 Å². The molecule has 2 aromatic carbocycles. The lowest BCUT2D eigenvalue weighted by Crippen LogP contribution is -2.36. The average molecular weight is 410 g/mol. The van der Waals surface area contributed by atoms with Gasteiger partial charge >= 0.3 is 17.1 Å². The fraction of sp³-hybridized carbons (Fsp3) is 0.158. The molecule has 0 radical (unpaired) electrons. The van der Waals surface area contributed by atoms with E-state index in [1.165, 1.54) is 30.3 Å². The molecule has 3 aromatic rings. The maximum absolute atomic E-state index is 12.6. The van der Waals surface area contributed by atoms with E-state index in [-0.39, 0.29) is 40.7 Å². The fourth-order valence-corrected chi connectivity index (χ4v) is 3.77. The molecule has 1 aliphatic carbocycles. The number of carboxylic acid groups (broad SMARTS) is 1. The summed E-state index contributed by atoms with van der Waals surface area (Å²) in [6, 6.07) is 6.33. The van der Waals surface area contributed by atoms with Gasteiger partial charge in [0.05, 0.1) is 27.1 Å². The van der Waals surface area contributed by atoms with Crippen molar-refractivity contribution in [2.24, 2.45) is 0 Å². The number of hydrogen-bond acceptors (Lipinski definition) is 6. The molecule has 0 saturated carbocycles. The molecule has 0 bridgehead atoms. The Hall–Kier alpha value is -4.28. The third kappa shape index (κ3) is 3.11. The number of carboxylic acids is 1. The van der Waals surface area contributed by atoms with Crippen LogP contribution in [0, 0.1) is 10.1 Å². The summed E-state index contributed by atoms with van der Waals surface area (Å²) in [5, 5.41) is 23.5. The van der Waals surface area contributed by atoms with Crippen LogP contribution in [0.5, 0.6) is 0 Å². The number of nitrogens with one attached hydrogen (secondary N) is 3. The van der Waals surface area contributed by atoms with E-state index in [0.717, 1.165) is 0 Å². The van der Waals surface area contributed by atoms with Crippen molar-refractivity contribution in [3.63, 3.8) is 0 Å². The Kier molecular flexibility index (Phi) is 4.42. The van der Waals surface area contributed by atoms with Crippen molar-refractivity contribution in [3.05, 3.63) is 83.4 Å². The normalized spacial score (nSPS) is 15.0. The van der Waals surface area contributed by atoms with Gasteiger partial charge in [-0.2, -0.15) is 0 Å². The quantitative estimate of drug-likeness (QED) is 0.278. The molecule has 0 saturated heterocycles. The minimum absolute atomic E-state index is 0.0296. The third-order valence-electron chi connectivity index (χ3n) is 5.05. The van der Waals surface area contributed by atoms with Gasteiger partial charge in [0.15, 0.2) is 0 Å². The first-order valence-electron chi connectivity index (χ1n) is 8.85. The van der Waals surface area contributed by atoms with Crippen LogP contribution in [0.3, 0.4) is 0 Å². The number of aromatic nitrogens is 2. The molecule has 1 atom stereocenters. The van der Waals surface area contributed by atoms with Gasteiger partial charge in [0.1, 0.15) is 0 Å². The molecule has 4 N–H and O–H groups in total. The van der Waals surface area contributed by atoms with Gasteiger partial charge in [-0.25, -0.2) is 4.79 Å². The Labute approximate surface area is 166 Å². The van der Waals surface area contributed by atoms with E-state index in [1.807, 2.05) is 0 Å². The van der Waals surface area contributed by atoms with Crippen molar-refractivity contribution in [2.75, 3.05) is 0 Å². The van der Waals surface area contributed by atoms with Crippen LogP contribution >= 0.6 is 0 Å². The van der Waals surface area contributed by atoms with E-state index >= 15 is 0 Å². The first kappa shape index (κ1) is 19.1. The van der Waals surface area contributed by atoms with E-state index in [0.29, 0.717) is 11.1 Å². The molecular weight excluding hydrogens is 396 g/mol. The maximum atomic E-state index is 12.6. The molecule has 0 fully saturated rings. The van der Waals surface area contributed by atoms with Crippen molar-refractivity contribution in [1.82, 2.24) is 15.3 Å². The molecule has 4 rings (SSSR count).